The summed E-state index contributed by atoms with van der Waals surface area (Å²) in [7, 11) is 0. The topological polar surface area (TPSA) is 23.5 Å². The lowest BCUT2D eigenvalue weighted by Crippen LogP contribution is -2.31. The Morgan fingerprint density at radius 3 is 2.68 bits per heavy atom. The average Bonchev–Trinajstić information content (AvgIpc) is 2.43. The molecule has 1 aliphatic heterocycles. The van der Waals surface area contributed by atoms with E-state index in [1.807, 2.05) is 12.1 Å². The van der Waals surface area contributed by atoms with E-state index in [1.54, 1.807) is 0 Å². The van der Waals surface area contributed by atoms with Crippen molar-refractivity contribution in [3.63, 3.8) is 0 Å². The SMILES string of the molecule is CCCCCCCCN1CCc2cc(O)ccc2C1. The normalized spacial score (nSPS) is 15.4. The molecule has 1 aliphatic rings. The molecule has 0 fully saturated rings. The van der Waals surface area contributed by atoms with Gasteiger partial charge in [-0.2, -0.15) is 0 Å². The Kier molecular flexibility index (Phi) is 5.71. The molecule has 0 saturated heterocycles. The molecule has 1 aromatic carbocycles. The van der Waals surface area contributed by atoms with Gasteiger partial charge in [0.1, 0.15) is 5.75 Å². The molecule has 2 nitrogen and oxygen atoms in total. The summed E-state index contributed by atoms with van der Waals surface area (Å²) in [6.45, 7) is 5.70. The Morgan fingerprint density at radius 2 is 1.84 bits per heavy atom. The third kappa shape index (κ3) is 4.54. The van der Waals surface area contributed by atoms with Crippen LogP contribution in [0.1, 0.15) is 56.6 Å². The number of aromatic hydroxyl groups is 1. The molecule has 0 unspecified atom stereocenters. The molecular formula is C17H27NO. The Balaban J connectivity index is 1.69. The summed E-state index contributed by atoms with van der Waals surface area (Å²) in [5.74, 6) is 0.406. The van der Waals surface area contributed by atoms with Crippen molar-refractivity contribution in [2.45, 2.75) is 58.4 Å². The second kappa shape index (κ2) is 7.54. The van der Waals surface area contributed by atoms with Crippen molar-refractivity contribution in [3.8, 4) is 5.75 Å². The minimum atomic E-state index is 0.406. The molecule has 0 amide bonds. The van der Waals surface area contributed by atoms with Gasteiger partial charge in [-0.1, -0.05) is 45.1 Å². The zero-order valence-corrected chi connectivity index (χ0v) is 12.2. The van der Waals surface area contributed by atoms with Gasteiger partial charge in [-0.05, 0) is 42.6 Å². The number of nitrogens with zero attached hydrogens (tertiary/aromatic N) is 1. The van der Waals surface area contributed by atoms with Crippen molar-refractivity contribution in [3.05, 3.63) is 29.3 Å². The summed E-state index contributed by atoms with van der Waals surface area (Å²) in [6.07, 6.45) is 9.30. The maximum absolute atomic E-state index is 9.48. The van der Waals surface area contributed by atoms with Gasteiger partial charge in [0.25, 0.3) is 0 Å². The molecule has 2 heteroatoms. The molecule has 0 atom stereocenters. The lowest BCUT2D eigenvalue weighted by Gasteiger charge is -2.28. The standard InChI is InChI=1S/C17H27NO/c1-2-3-4-5-6-7-11-18-12-10-15-13-17(19)9-8-16(15)14-18/h8-9,13,19H,2-7,10-12,14H2,1H3. The summed E-state index contributed by atoms with van der Waals surface area (Å²) in [4.78, 5) is 2.55. The van der Waals surface area contributed by atoms with Crippen molar-refractivity contribution in [2.24, 2.45) is 0 Å². The largest absolute Gasteiger partial charge is 0.508 e. The number of rotatable bonds is 7. The van der Waals surface area contributed by atoms with Crippen LogP contribution in [0.15, 0.2) is 18.2 Å². The van der Waals surface area contributed by atoms with Crippen LogP contribution in [0.5, 0.6) is 5.75 Å². The second-order valence-electron chi connectivity index (χ2n) is 5.75. The number of hydrogen-bond donors (Lipinski definition) is 1. The Hall–Kier alpha value is -1.02. The first-order chi connectivity index (χ1) is 9.29. The molecule has 1 N–H and O–H groups in total. The summed E-state index contributed by atoms with van der Waals surface area (Å²) in [5, 5.41) is 9.48. The first-order valence-electron chi connectivity index (χ1n) is 7.82. The number of phenols is 1. The van der Waals surface area contributed by atoms with E-state index in [4.69, 9.17) is 0 Å². The van der Waals surface area contributed by atoms with Crippen molar-refractivity contribution in [1.82, 2.24) is 4.90 Å². The predicted octanol–water partition coefficient (Wildman–Crippen LogP) is 4.11. The van der Waals surface area contributed by atoms with Gasteiger partial charge in [-0.3, -0.25) is 4.90 Å². The molecule has 0 saturated carbocycles. The monoisotopic (exact) mass is 261 g/mol. The summed E-state index contributed by atoms with van der Waals surface area (Å²) < 4.78 is 0. The smallest absolute Gasteiger partial charge is 0.115 e. The van der Waals surface area contributed by atoms with Crippen LogP contribution in [-0.2, 0) is 13.0 Å². The molecule has 19 heavy (non-hydrogen) atoms. The van der Waals surface area contributed by atoms with Gasteiger partial charge >= 0.3 is 0 Å². The van der Waals surface area contributed by atoms with Crippen molar-refractivity contribution in [1.29, 1.82) is 0 Å². The molecular weight excluding hydrogens is 234 g/mol. The molecule has 106 valence electrons. The van der Waals surface area contributed by atoms with E-state index in [-0.39, 0.29) is 0 Å². The fourth-order valence-corrected chi connectivity index (χ4v) is 2.90. The molecule has 0 radical (unpaired) electrons. The van der Waals surface area contributed by atoms with Gasteiger partial charge in [-0.25, -0.2) is 0 Å². The highest BCUT2D eigenvalue weighted by Crippen LogP contribution is 2.23. The van der Waals surface area contributed by atoms with E-state index in [2.05, 4.69) is 17.9 Å². The van der Waals surface area contributed by atoms with Crippen molar-refractivity contribution >= 4 is 0 Å². The van der Waals surface area contributed by atoms with Crippen molar-refractivity contribution < 1.29 is 5.11 Å². The molecule has 2 rings (SSSR count). The Labute approximate surface area is 117 Å². The van der Waals surface area contributed by atoms with Crippen LogP contribution in [0.3, 0.4) is 0 Å². The molecule has 1 aromatic rings. The maximum atomic E-state index is 9.48. The zero-order valence-electron chi connectivity index (χ0n) is 12.2. The molecule has 0 bridgehead atoms. The van der Waals surface area contributed by atoms with Crippen LogP contribution >= 0.6 is 0 Å². The first kappa shape index (κ1) is 14.4. The average molecular weight is 261 g/mol. The maximum Gasteiger partial charge on any atom is 0.115 e. The second-order valence-corrected chi connectivity index (χ2v) is 5.75. The van der Waals surface area contributed by atoms with E-state index >= 15 is 0 Å². The number of phenolic OH excluding ortho intramolecular Hbond substituents is 1. The molecule has 1 heterocycles. The van der Waals surface area contributed by atoms with E-state index in [0.717, 1.165) is 19.5 Å². The minimum absolute atomic E-state index is 0.406. The fraction of sp³-hybridized carbons (Fsp3) is 0.647. The highest BCUT2D eigenvalue weighted by Gasteiger charge is 2.15. The minimum Gasteiger partial charge on any atom is -0.508 e. The van der Waals surface area contributed by atoms with Gasteiger partial charge in [0.2, 0.25) is 0 Å². The molecule has 0 aliphatic carbocycles. The van der Waals surface area contributed by atoms with Crippen molar-refractivity contribution in [2.75, 3.05) is 13.1 Å². The molecule has 0 aromatic heterocycles. The van der Waals surface area contributed by atoms with Crippen LogP contribution < -0.4 is 0 Å². The van der Waals surface area contributed by atoms with E-state index in [0.29, 0.717) is 5.75 Å². The van der Waals surface area contributed by atoms with E-state index in [9.17, 15) is 5.11 Å². The summed E-state index contributed by atoms with van der Waals surface area (Å²) in [5.41, 5.74) is 2.73. The first-order valence-corrected chi connectivity index (χ1v) is 7.82. The highest BCUT2D eigenvalue weighted by atomic mass is 16.3. The zero-order chi connectivity index (χ0) is 13.5. The lowest BCUT2D eigenvalue weighted by atomic mass is 9.99. The Morgan fingerprint density at radius 1 is 1.05 bits per heavy atom. The van der Waals surface area contributed by atoms with Crippen LogP contribution in [0.4, 0.5) is 0 Å². The van der Waals surface area contributed by atoms with Crippen LogP contribution in [0.25, 0.3) is 0 Å². The quantitative estimate of drug-likeness (QED) is 0.747. The van der Waals surface area contributed by atoms with E-state index in [1.165, 1.54) is 56.2 Å². The summed E-state index contributed by atoms with van der Waals surface area (Å²) >= 11 is 0. The lowest BCUT2D eigenvalue weighted by molar-refractivity contribution is 0.247. The van der Waals surface area contributed by atoms with Gasteiger partial charge in [-0.15, -0.1) is 0 Å². The summed E-state index contributed by atoms with van der Waals surface area (Å²) in [6, 6.07) is 5.82. The Bertz CT molecular complexity index is 389. The van der Waals surface area contributed by atoms with Gasteiger partial charge in [0.05, 0.1) is 0 Å². The molecule has 0 spiro atoms. The number of fused-ring (bicyclic) bond motifs is 1. The fourth-order valence-electron chi connectivity index (χ4n) is 2.90. The predicted molar refractivity (Wildman–Crippen MR) is 80.5 cm³/mol. The van der Waals surface area contributed by atoms with Gasteiger partial charge in [0, 0.05) is 13.1 Å². The number of hydrogen-bond acceptors (Lipinski definition) is 2. The van der Waals surface area contributed by atoms with Gasteiger partial charge in [0.15, 0.2) is 0 Å². The van der Waals surface area contributed by atoms with Crippen LogP contribution in [-0.4, -0.2) is 23.1 Å². The number of unbranched alkanes of at least 4 members (excludes halogenated alkanes) is 5. The highest BCUT2D eigenvalue weighted by molar-refractivity contribution is 5.36. The van der Waals surface area contributed by atoms with Crippen LogP contribution in [0.2, 0.25) is 0 Å². The van der Waals surface area contributed by atoms with Gasteiger partial charge < -0.3 is 5.11 Å². The van der Waals surface area contributed by atoms with E-state index < -0.39 is 0 Å². The van der Waals surface area contributed by atoms with Crippen LogP contribution in [0, 0.1) is 0 Å². The third-order valence-corrected chi connectivity index (χ3v) is 4.11. The number of benzene rings is 1. The third-order valence-electron chi connectivity index (χ3n) is 4.11.